The average Bonchev–Trinajstić information content (AvgIpc) is 3.26. The van der Waals surface area contributed by atoms with Gasteiger partial charge in [0, 0.05) is 23.4 Å². The summed E-state index contributed by atoms with van der Waals surface area (Å²) in [6.07, 6.45) is 9.45. The number of aromatic nitrogens is 3. The molecule has 3 aliphatic rings. The molecular formula is C28H35FN6O3S. The Balaban J connectivity index is 1.57. The van der Waals surface area contributed by atoms with Gasteiger partial charge in [0.1, 0.15) is 11.5 Å². The van der Waals surface area contributed by atoms with E-state index in [4.69, 9.17) is 10.1 Å². The fourth-order valence-electron chi connectivity index (χ4n) is 6.36. The summed E-state index contributed by atoms with van der Waals surface area (Å²) < 4.78 is 41.5. The molecule has 0 bridgehead atoms. The van der Waals surface area contributed by atoms with Crippen molar-refractivity contribution in [1.29, 1.82) is 0 Å². The van der Waals surface area contributed by atoms with Gasteiger partial charge in [0.25, 0.3) is 5.91 Å². The van der Waals surface area contributed by atoms with Gasteiger partial charge in [-0.25, -0.2) is 27.2 Å². The minimum absolute atomic E-state index is 0.0437. The van der Waals surface area contributed by atoms with Crippen LogP contribution in [0, 0.1) is 5.82 Å². The Kier molecular flexibility index (Phi) is 7.15. The topological polar surface area (TPSA) is 109 Å². The largest absolute Gasteiger partial charge is 0.317 e. The molecule has 1 aliphatic carbocycles. The Morgan fingerprint density at radius 1 is 1.05 bits per heavy atom. The van der Waals surface area contributed by atoms with E-state index in [-0.39, 0.29) is 17.6 Å². The molecule has 2 aromatic heterocycles. The normalized spacial score (nSPS) is 21.6. The predicted octanol–water partition coefficient (Wildman–Crippen LogP) is 3.80. The van der Waals surface area contributed by atoms with Crippen LogP contribution < -0.4 is 10.0 Å². The summed E-state index contributed by atoms with van der Waals surface area (Å²) >= 11 is 0. The van der Waals surface area contributed by atoms with E-state index < -0.39 is 15.9 Å². The maximum atomic E-state index is 13.8. The zero-order chi connectivity index (χ0) is 27.1. The number of nitrogens with zero attached hydrogens (tertiary/aromatic N) is 4. The lowest BCUT2D eigenvalue weighted by atomic mass is 9.80. The number of hydrogen-bond donors (Lipinski definition) is 2. The average molecular weight is 555 g/mol. The highest BCUT2D eigenvalue weighted by Crippen LogP contribution is 2.44. The van der Waals surface area contributed by atoms with E-state index in [1.807, 2.05) is 0 Å². The number of fused-ring (bicyclic) bond motifs is 1. The molecule has 11 heteroatoms. The Bertz CT molecular complexity index is 1480. The number of sulfonamides is 1. The number of piperidine rings is 2. The summed E-state index contributed by atoms with van der Waals surface area (Å²) in [4.78, 5) is 20.5. The molecule has 1 unspecified atom stereocenters. The van der Waals surface area contributed by atoms with Gasteiger partial charge in [0.2, 0.25) is 10.0 Å². The van der Waals surface area contributed by atoms with Crippen molar-refractivity contribution in [3.05, 3.63) is 53.1 Å². The van der Waals surface area contributed by atoms with Gasteiger partial charge in [-0.1, -0.05) is 12.8 Å². The highest BCUT2D eigenvalue weighted by molar-refractivity contribution is 7.89. The first-order chi connectivity index (χ1) is 18.8. The number of amides is 1. The molecule has 3 aromatic rings. The monoisotopic (exact) mass is 554 g/mol. The molecule has 3 fully saturated rings. The van der Waals surface area contributed by atoms with Gasteiger partial charge in [-0.05, 0) is 94.1 Å². The number of pyridine rings is 1. The molecule has 2 N–H and O–H groups in total. The quantitative estimate of drug-likeness (QED) is 0.477. The highest BCUT2D eigenvalue weighted by atomic mass is 32.2. The Morgan fingerprint density at radius 2 is 1.79 bits per heavy atom. The molecule has 1 atom stereocenters. The first-order valence-electron chi connectivity index (χ1n) is 14.0. The van der Waals surface area contributed by atoms with Crippen LogP contribution in [0.4, 0.5) is 4.39 Å². The molecule has 1 amide bonds. The van der Waals surface area contributed by atoms with Crippen LogP contribution in [0.25, 0.3) is 16.7 Å². The summed E-state index contributed by atoms with van der Waals surface area (Å²) in [5, 5.41) is 9.44. The van der Waals surface area contributed by atoms with E-state index in [0.717, 1.165) is 93.9 Å². The number of benzene rings is 1. The molecule has 208 valence electrons. The van der Waals surface area contributed by atoms with Crippen LogP contribution in [0.3, 0.4) is 0 Å². The zero-order valence-corrected chi connectivity index (χ0v) is 23.0. The number of nitrogens with one attached hydrogen (secondary N) is 2. The second kappa shape index (κ2) is 10.6. The van der Waals surface area contributed by atoms with Crippen molar-refractivity contribution in [2.75, 3.05) is 25.9 Å². The molecule has 6 rings (SSSR count). The van der Waals surface area contributed by atoms with Crippen molar-refractivity contribution in [1.82, 2.24) is 29.7 Å². The van der Waals surface area contributed by atoms with Crippen LogP contribution in [0.15, 0.2) is 30.3 Å². The van der Waals surface area contributed by atoms with Crippen LogP contribution in [-0.2, 0) is 10.0 Å². The van der Waals surface area contributed by atoms with E-state index in [1.165, 1.54) is 12.1 Å². The maximum absolute atomic E-state index is 13.8. The van der Waals surface area contributed by atoms with Crippen LogP contribution >= 0.6 is 0 Å². The zero-order valence-electron chi connectivity index (χ0n) is 22.2. The Hall–Kier alpha value is -2.89. The number of rotatable bonds is 6. The molecular weight excluding hydrogens is 519 g/mol. The molecule has 39 heavy (non-hydrogen) atoms. The van der Waals surface area contributed by atoms with Crippen LogP contribution in [0.1, 0.15) is 85.1 Å². The van der Waals surface area contributed by atoms with Crippen LogP contribution in [-0.4, -0.2) is 65.9 Å². The SMILES string of the molecule is CS(=O)(=O)NC(=O)c1cc(C2CCCCN2C2CCNCC2)c2c(C3CCC3)nn(-c3ccc(F)cc3)c2n1. The maximum Gasteiger partial charge on any atom is 0.283 e. The first kappa shape index (κ1) is 26.3. The molecule has 9 nitrogen and oxygen atoms in total. The summed E-state index contributed by atoms with van der Waals surface area (Å²) in [6.45, 7) is 2.95. The van der Waals surface area contributed by atoms with Crippen molar-refractivity contribution in [2.24, 2.45) is 0 Å². The van der Waals surface area contributed by atoms with Gasteiger partial charge in [-0.3, -0.25) is 9.69 Å². The number of hydrogen-bond acceptors (Lipinski definition) is 7. The van der Waals surface area contributed by atoms with Crippen molar-refractivity contribution < 1.29 is 17.6 Å². The van der Waals surface area contributed by atoms with E-state index in [1.54, 1.807) is 22.9 Å². The van der Waals surface area contributed by atoms with E-state index in [2.05, 4.69) is 14.9 Å². The molecule has 1 saturated carbocycles. The van der Waals surface area contributed by atoms with Crippen molar-refractivity contribution in [3.63, 3.8) is 0 Å². The Labute approximate surface area is 228 Å². The van der Waals surface area contributed by atoms with E-state index >= 15 is 0 Å². The van der Waals surface area contributed by atoms with Crippen molar-refractivity contribution in [3.8, 4) is 5.69 Å². The molecule has 2 aliphatic heterocycles. The predicted molar refractivity (Wildman–Crippen MR) is 147 cm³/mol. The Morgan fingerprint density at radius 3 is 2.46 bits per heavy atom. The number of carbonyl (C=O) groups excluding carboxylic acids is 1. The van der Waals surface area contributed by atoms with Crippen LogP contribution in [0.2, 0.25) is 0 Å². The van der Waals surface area contributed by atoms with Crippen molar-refractivity contribution >= 4 is 27.0 Å². The minimum atomic E-state index is -3.78. The third-order valence-electron chi connectivity index (χ3n) is 8.45. The van der Waals surface area contributed by atoms with E-state index in [0.29, 0.717) is 23.3 Å². The molecule has 1 aromatic carbocycles. The molecule has 0 spiro atoms. The number of likely N-dealkylation sites (tertiary alicyclic amines) is 1. The lowest BCUT2D eigenvalue weighted by molar-refractivity contribution is 0.0765. The second-order valence-electron chi connectivity index (χ2n) is 11.1. The van der Waals surface area contributed by atoms with Gasteiger partial charge in [0.05, 0.1) is 17.6 Å². The molecule has 2 saturated heterocycles. The summed E-state index contributed by atoms with van der Waals surface area (Å²) in [7, 11) is -3.78. The van der Waals surface area contributed by atoms with Crippen LogP contribution in [0.5, 0.6) is 0 Å². The highest BCUT2D eigenvalue weighted by Gasteiger charge is 2.36. The molecule has 4 heterocycles. The minimum Gasteiger partial charge on any atom is -0.317 e. The third-order valence-corrected chi connectivity index (χ3v) is 9.01. The lowest BCUT2D eigenvalue weighted by Crippen LogP contribution is -2.46. The second-order valence-corrected chi connectivity index (χ2v) is 12.9. The summed E-state index contributed by atoms with van der Waals surface area (Å²) in [6, 6.07) is 8.37. The van der Waals surface area contributed by atoms with E-state index in [9.17, 15) is 17.6 Å². The molecule has 0 radical (unpaired) electrons. The van der Waals surface area contributed by atoms with Crippen molar-refractivity contribution in [2.45, 2.75) is 69.4 Å². The fourth-order valence-corrected chi connectivity index (χ4v) is 6.81. The van der Waals surface area contributed by atoms with Gasteiger partial charge in [-0.15, -0.1) is 0 Å². The summed E-state index contributed by atoms with van der Waals surface area (Å²) in [5.41, 5.74) is 3.16. The fraction of sp³-hybridized carbons (Fsp3) is 0.536. The number of halogens is 1. The van der Waals surface area contributed by atoms with Gasteiger partial charge >= 0.3 is 0 Å². The van der Waals surface area contributed by atoms with Gasteiger partial charge < -0.3 is 5.32 Å². The smallest absolute Gasteiger partial charge is 0.283 e. The third kappa shape index (κ3) is 5.31. The van der Waals surface area contributed by atoms with Gasteiger partial charge in [0.15, 0.2) is 5.65 Å². The first-order valence-corrected chi connectivity index (χ1v) is 15.9. The number of carbonyl (C=O) groups is 1. The standard InChI is InChI=1S/C28H35FN6O3S/c1-39(37,38)33-28(36)23-17-22(24-7-2-3-16-34(24)20-12-14-30-15-13-20)25-26(18-5-4-6-18)32-35(27(25)31-23)21-10-8-19(29)9-11-21/h8-11,17-18,20,24,30H,2-7,12-16H2,1H3,(H,33,36). The lowest BCUT2D eigenvalue weighted by Gasteiger charge is -2.43. The van der Waals surface area contributed by atoms with Gasteiger partial charge in [-0.2, -0.15) is 5.10 Å². The summed E-state index contributed by atoms with van der Waals surface area (Å²) in [5.74, 6) is -0.820.